The monoisotopic (exact) mass is 582 g/mol. The van der Waals surface area contributed by atoms with Gasteiger partial charge < -0.3 is 20.4 Å². The second-order valence-corrected chi connectivity index (χ2v) is 9.76. The highest BCUT2D eigenvalue weighted by Crippen LogP contribution is 2.38. The molecule has 4 rings (SSSR count). The average molecular weight is 583 g/mol. The van der Waals surface area contributed by atoms with Gasteiger partial charge in [0.05, 0.1) is 16.5 Å². The molecule has 2 heterocycles. The molecule has 4 N–H and O–H groups in total. The predicted octanol–water partition coefficient (Wildman–Crippen LogP) is 5.82. The molecule has 0 saturated heterocycles. The lowest BCUT2D eigenvalue weighted by Crippen LogP contribution is -2.48. The minimum Gasteiger partial charge on any atom is -0.437 e. The Hall–Kier alpha value is -5.07. The molecule has 2 amide bonds. The highest BCUT2D eigenvalue weighted by molar-refractivity contribution is 6.12. The maximum Gasteiger partial charge on any atom is 0.405 e. The molecule has 0 radical (unpaired) electrons. The number of anilines is 1. The van der Waals surface area contributed by atoms with E-state index in [9.17, 15) is 27.2 Å². The van der Waals surface area contributed by atoms with Crippen molar-refractivity contribution in [3.63, 3.8) is 0 Å². The van der Waals surface area contributed by atoms with E-state index < -0.39 is 35.9 Å². The van der Waals surface area contributed by atoms with Gasteiger partial charge in [-0.05, 0) is 68.6 Å². The Morgan fingerprint density at radius 1 is 1.05 bits per heavy atom. The summed E-state index contributed by atoms with van der Waals surface area (Å²) >= 11 is 0. The van der Waals surface area contributed by atoms with E-state index in [1.807, 2.05) is 0 Å². The van der Waals surface area contributed by atoms with Gasteiger partial charge in [-0.15, -0.1) is 0 Å². The van der Waals surface area contributed by atoms with Gasteiger partial charge in [0.15, 0.2) is 0 Å². The number of amidine groups is 1. The molecule has 2 aromatic heterocycles. The molecule has 0 unspecified atom stereocenters. The number of halogens is 4. The second kappa shape index (κ2) is 11.4. The van der Waals surface area contributed by atoms with Crippen LogP contribution in [0, 0.1) is 11.2 Å². The van der Waals surface area contributed by atoms with Gasteiger partial charge in [0.2, 0.25) is 5.71 Å². The van der Waals surface area contributed by atoms with Crippen molar-refractivity contribution >= 4 is 41.3 Å². The van der Waals surface area contributed by atoms with Crippen molar-refractivity contribution in [2.24, 2.45) is 4.99 Å². The molecule has 0 saturated carbocycles. The van der Waals surface area contributed by atoms with Gasteiger partial charge in [-0.1, -0.05) is 12.1 Å². The van der Waals surface area contributed by atoms with Crippen LogP contribution in [0.2, 0.25) is 0 Å². The van der Waals surface area contributed by atoms with Gasteiger partial charge >= 0.3 is 6.18 Å². The topological polar surface area (TPSA) is 132 Å². The summed E-state index contributed by atoms with van der Waals surface area (Å²) in [5.74, 6) is -1.98. The number of hydrogen-bond donors (Lipinski definition) is 4. The lowest BCUT2D eigenvalue weighted by Gasteiger charge is -2.24. The first-order chi connectivity index (χ1) is 19.7. The summed E-state index contributed by atoms with van der Waals surface area (Å²) in [5, 5.41) is 15.6. The third-order valence-corrected chi connectivity index (χ3v) is 6.31. The maximum absolute atomic E-state index is 13.6. The van der Waals surface area contributed by atoms with Crippen LogP contribution in [0.4, 0.5) is 23.4 Å². The first-order valence-electron chi connectivity index (χ1n) is 12.5. The lowest BCUT2D eigenvalue weighted by atomic mass is 9.99. The second-order valence-electron chi connectivity index (χ2n) is 9.76. The molecule has 0 fully saturated rings. The number of fused-ring (bicyclic) bond motifs is 1. The minimum absolute atomic E-state index is 0.0429. The first-order valence-corrected chi connectivity index (χ1v) is 12.5. The van der Waals surface area contributed by atoms with Gasteiger partial charge in [0.1, 0.15) is 29.8 Å². The molecule has 0 aliphatic carbocycles. The van der Waals surface area contributed by atoms with Gasteiger partial charge in [-0.3, -0.25) is 15.0 Å². The number of amides is 2. The molecule has 0 aliphatic heterocycles. The number of benzene rings is 2. The largest absolute Gasteiger partial charge is 0.437 e. The molecule has 2 aromatic carbocycles. The molecule has 0 bridgehead atoms. The van der Waals surface area contributed by atoms with Crippen LogP contribution < -0.4 is 16.0 Å². The van der Waals surface area contributed by atoms with E-state index >= 15 is 0 Å². The van der Waals surface area contributed by atoms with Crippen LogP contribution in [0.5, 0.6) is 0 Å². The molecule has 4 aromatic rings. The summed E-state index contributed by atoms with van der Waals surface area (Å²) in [6, 6.07) is 12.6. The van der Waals surface area contributed by atoms with Crippen LogP contribution in [0.25, 0.3) is 33.6 Å². The van der Waals surface area contributed by atoms with E-state index in [0.29, 0.717) is 11.1 Å². The summed E-state index contributed by atoms with van der Waals surface area (Å²) in [6.45, 7) is 5.03. The SMILES string of the molecule is C=NC(=N)C(C)(C)NC(=O)c1cccc(-c2cc3c(C(=O)NC)c(-c4ccc(F)cc4)oc3nc2NCC(F)(F)F)c1. The number of pyridine rings is 1. The van der Waals surface area contributed by atoms with E-state index in [1.165, 1.54) is 55.6 Å². The van der Waals surface area contributed by atoms with Crippen LogP contribution in [0.15, 0.2) is 64.0 Å². The fourth-order valence-corrected chi connectivity index (χ4v) is 4.16. The fourth-order valence-electron chi connectivity index (χ4n) is 4.16. The number of hydrogen-bond acceptors (Lipinski definition) is 6. The van der Waals surface area contributed by atoms with Crippen molar-refractivity contribution in [2.75, 3.05) is 18.9 Å². The standard InChI is InChI=1S/C29H26F4N6O3/c1-28(2,27(34)36-4)39-24(40)17-7-5-6-16(12-17)19-13-20-21(25(41)35-3)22(15-8-10-18(30)11-9-15)42-26(20)38-23(19)37-14-29(31,32)33/h5-13,34H,4,14H2,1-3H3,(H,35,41)(H,37,38)(H,39,40). The Bertz CT molecular complexity index is 1690. The molecule has 0 atom stereocenters. The van der Waals surface area contributed by atoms with Crippen molar-refractivity contribution in [3.8, 4) is 22.5 Å². The number of aliphatic imine (C=N–C) groups is 1. The van der Waals surface area contributed by atoms with Crippen molar-refractivity contribution in [2.45, 2.75) is 25.6 Å². The van der Waals surface area contributed by atoms with Crippen molar-refractivity contribution in [1.82, 2.24) is 15.6 Å². The third kappa shape index (κ3) is 6.29. The van der Waals surface area contributed by atoms with E-state index in [4.69, 9.17) is 9.83 Å². The average Bonchev–Trinajstić information content (AvgIpc) is 3.32. The Morgan fingerprint density at radius 2 is 1.74 bits per heavy atom. The first kappa shape index (κ1) is 29.9. The number of nitrogens with one attached hydrogen (secondary N) is 4. The summed E-state index contributed by atoms with van der Waals surface area (Å²) in [6.07, 6.45) is -4.58. The summed E-state index contributed by atoms with van der Waals surface area (Å²) in [5.41, 5.74) is -0.286. The smallest absolute Gasteiger partial charge is 0.405 e. The molecular weight excluding hydrogens is 556 g/mol. The lowest BCUT2D eigenvalue weighted by molar-refractivity contribution is -0.115. The minimum atomic E-state index is -4.58. The summed E-state index contributed by atoms with van der Waals surface area (Å²) in [4.78, 5) is 33.9. The highest BCUT2D eigenvalue weighted by Gasteiger charge is 2.30. The van der Waals surface area contributed by atoms with Crippen LogP contribution in [-0.4, -0.2) is 54.7 Å². The zero-order chi connectivity index (χ0) is 30.8. The van der Waals surface area contributed by atoms with Gasteiger partial charge in [0.25, 0.3) is 11.8 Å². The van der Waals surface area contributed by atoms with Crippen molar-refractivity contribution in [3.05, 3.63) is 71.5 Å². The summed E-state index contributed by atoms with van der Waals surface area (Å²) in [7, 11) is 1.40. The van der Waals surface area contributed by atoms with E-state index in [0.717, 1.165) is 0 Å². The summed E-state index contributed by atoms with van der Waals surface area (Å²) < 4.78 is 59.0. The van der Waals surface area contributed by atoms with Crippen molar-refractivity contribution in [1.29, 1.82) is 5.41 Å². The molecule has 0 spiro atoms. The number of alkyl halides is 3. The van der Waals surface area contributed by atoms with Gasteiger partial charge in [-0.2, -0.15) is 18.2 Å². The third-order valence-electron chi connectivity index (χ3n) is 6.31. The van der Waals surface area contributed by atoms with Gasteiger partial charge in [-0.25, -0.2) is 9.38 Å². The number of aromatic nitrogens is 1. The zero-order valence-electron chi connectivity index (χ0n) is 22.7. The maximum atomic E-state index is 13.6. The Labute approximate surface area is 237 Å². The number of rotatable bonds is 8. The number of furan rings is 1. The van der Waals surface area contributed by atoms with E-state index in [1.54, 1.807) is 19.9 Å². The quantitative estimate of drug-likeness (QED) is 0.118. The Balaban J connectivity index is 1.90. The number of carbonyl (C=O) groups is 2. The molecular formula is C29H26F4N6O3. The highest BCUT2D eigenvalue weighted by atomic mass is 19.4. The Morgan fingerprint density at radius 3 is 2.36 bits per heavy atom. The number of carbonyl (C=O) groups excluding carboxylic acids is 2. The molecule has 13 heteroatoms. The molecule has 9 nitrogen and oxygen atoms in total. The predicted molar refractivity (Wildman–Crippen MR) is 152 cm³/mol. The van der Waals surface area contributed by atoms with Crippen LogP contribution in [0.1, 0.15) is 34.6 Å². The fraction of sp³-hybridized carbons (Fsp3) is 0.207. The van der Waals surface area contributed by atoms with Crippen LogP contribution in [0.3, 0.4) is 0 Å². The normalized spacial score (nSPS) is 11.7. The van der Waals surface area contributed by atoms with Crippen molar-refractivity contribution < 1.29 is 31.6 Å². The molecule has 0 aliphatic rings. The Kier molecular flexibility index (Phi) is 8.14. The van der Waals surface area contributed by atoms with Crippen LogP contribution in [-0.2, 0) is 0 Å². The number of nitrogens with zero attached hydrogens (tertiary/aromatic N) is 2. The molecule has 42 heavy (non-hydrogen) atoms. The van der Waals surface area contributed by atoms with E-state index in [-0.39, 0.29) is 45.2 Å². The van der Waals surface area contributed by atoms with Crippen LogP contribution >= 0.6 is 0 Å². The van der Waals surface area contributed by atoms with Gasteiger partial charge in [0, 0.05) is 23.7 Å². The molecule has 218 valence electrons. The van der Waals surface area contributed by atoms with E-state index in [2.05, 4.69) is 32.6 Å². The zero-order valence-corrected chi connectivity index (χ0v) is 22.7.